The monoisotopic (exact) mass is 390 g/mol. The van der Waals surface area contributed by atoms with Crippen LogP contribution < -0.4 is 9.64 Å². The van der Waals surface area contributed by atoms with Crippen molar-refractivity contribution in [1.82, 2.24) is 14.8 Å². The molecule has 0 spiro atoms. The summed E-state index contributed by atoms with van der Waals surface area (Å²) in [5, 5.41) is 9.90. The summed E-state index contributed by atoms with van der Waals surface area (Å²) >= 11 is 1.71. The zero-order valence-electron chi connectivity index (χ0n) is 16.6. The highest BCUT2D eigenvalue weighted by atomic mass is 32.2. The summed E-state index contributed by atoms with van der Waals surface area (Å²) in [6, 6.07) is 8.31. The second-order valence-electron chi connectivity index (χ2n) is 7.08. The summed E-state index contributed by atoms with van der Waals surface area (Å²) in [6.07, 6.45) is 1.02. The highest BCUT2D eigenvalue weighted by Crippen LogP contribution is 2.24. The molecule has 0 unspecified atom stereocenters. The number of hydrogen-bond acceptors (Lipinski definition) is 6. The van der Waals surface area contributed by atoms with E-state index in [4.69, 9.17) is 9.47 Å². The van der Waals surface area contributed by atoms with Gasteiger partial charge in [-0.05, 0) is 30.0 Å². The fourth-order valence-corrected chi connectivity index (χ4v) is 3.82. The fraction of sp³-hybridized carbons (Fsp3) is 0.600. The average Bonchev–Trinajstić information content (AvgIpc) is 3.08. The molecule has 2 heterocycles. The van der Waals surface area contributed by atoms with Crippen LogP contribution in [0.1, 0.15) is 26.3 Å². The van der Waals surface area contributed by atoms with Gasteiger partial charge < -0.3 is 14.4 Å². The summed E-state index contributed by atoms with van der Waals surface area (Å²) < 4.78 is 13.6. The molecule has 3 rings (SSSR count). The molecule has 1 fully saturated rings. The number of aryl methyl sites for hydroxylation is 1. The van der Waals surface area contributed by atoms with E-state index in [2.05, 4.69) is 58.6 Å². The Morgan fingerprint density at radius 1 is 1.22 bits per heavy atom. The highest BCUT2D eigenvalue weighted by Gasteiger charge is 2.21. The molecular formula is C20H30N4O2S. The van der Waals surface area contributed by atoms with Crippen LogP contribution in [-0.4, -0.2) is 53.4 Å². The van der Waals surface area contributed by atoms with Crippen LogP contribution in [0.2, 0.25) is 0 Å². The van der Waals surface area contributed by atoms with E-state index in [1.165, 1.54) is 5.56 Å². The third kappa shape index (κ3) is 5.62. The number of hydrogen-bond donors (Lipinski definition) is 0. The second-order valence-corrected chi connectivity index (χ2v) is 8.15. The van der Waals surface area contributed by atoms with E-state index in [1.54, 1.807) is 11.8 Å². The topological polar surface area (TPSA) is 52.4 Å². The van der Waals surface area contributed by atoms with Gasteiger partial charge in [-0.25, -0.2) is 0 Å². The molecule has 0 saturated carbocycles. The van der Waals surface area contributed by atoms with Gasteiger partial charge in [-0.1, -0.05) is 44.7 Å². The maximum absolute atomic E-state index is 5.91. The quantitative estimate of drug-likeness (QED) is 0.482. The standard InChI is InChI=1S/C20H30N4O2S/c1-4-17-6-5-7-18(14-17)26-12-13-27-20-22-21-19(24(20)15-16(2)3)23-8-10-25-11-9-23/h5-7,14,16H,4,8-13,15H2,1-3H3. The number of thioether (sulfide) groups is 1. The Morgan fingerprint density at radius 3 is 2.78 bits per heavy atom. The molecule has 0 N–H and O–H groups in total. The number of morpholine rings is 1. The SMILES string of the molecule is CCc1cccc(OCCSc2nnc(N3CCOCC3)n2CC(C)C)c1. The number of rotatable bonds is 9. The number of ether oxygens (including phenoxy) is 2. The zero-order chi connectivity index (χ0) is 19.1. The molecule has 1 aromatic heterocycles. The molecule has 0 amide bonds. The van der Waals surface area contributed by atoms with Gasteiger partial charge in [-0.3, -0.25) is 4.57 Å². The Morgan fingerprint density at radius 2 is 2.04 bits per heavy atom. The molecule has 1 aliphatic heterocycles. The predicted octanol–water partition coefficient (Wildman–Crippen LogP) is 3.50. The summed E-state index contributed by atoms with van der Waals surface area (Å²) in [6.45, 7) is 11.4. The van der Waals surface area contributed by atoms with Gasteiger partial charge in [-0.15, -0.1) is 10.2 Å². The van der Waals surface area contributed by atoms with Gasteiger partial charge in [0.15, 0.2) is 5.16 Å². The predicted molar refractivity (Wildman–Crippen MR) is 110 cm³/mol. The fourth-order valence-electron chi connectivity index (χ4n) is 3.06. The van der Waals surface area contributed by atoms with E-state index in [0.29, 0.717) is 12.5 Å². The molecular weight excluding hydrogens is 360 g/mol. The van der Waals surface area contributed by atoms with E-state index in [0.717, 1.165) is 61.9 Å². The summed E-state index contributed by atoms with van der Waals surface area (Å²) in [4.78, 5) is 2.27. The molecule has 0 bridgehead atoms. The van der Waals surface area contributed by atoms with Crippen LogP contribution in [0.3, 0.4) is 0 Å². The minimum atomic E-state index is 0.535. The lowest BCUT2D eigenvalue weighted by Crippen LogP contribution is -2.38. The summed E-state index contributed by atoms with van der Waals surface area (Å²) in [5.41, 5.74) is 1.30. The van der Waals surface area contributed by atoms with Gasteiger partial charge in [0, 0.05) is 25.4 Å². The third-order valence-corrected chi connectivity index (χ3v) is 5.36. The largest absolute Gasteiger partial charge is 0.493 e. The summed E-state index contributed by atoms with van der Waals surface area (Å²) in [5.74, 6) is 3.28. The van der Waals surface area contributed by atoms with E-state index < -0.39 is 0 Å². The number of nitrogens with zero attached hydrogens (tertiary/aromatic N) is 4. The normalized spacial score (nSPS) is 14.7. The minimum absolute atomic E-state index is 0.535. The van der Waals surface area contributed by atoms with Crippen molar-refractivity contribution in [2.24, 2.45) is 5.92 Å². The first-order chi connectivity index (χ1) is 13.2. The van der Waals surface area contributed by atoms with E-state index >= 15 is 0 Å². The van der Waals surface area contributed by atoms with Crippen molar-refractivity contribution in [1.29, 1.82) is 0 Å². The maximum Gasteiger partial charge on any atom is 0.228 e. The van der Waals surface area contributed by atoms with Crippen molar-refractivity contribution in [3.8, 4) is 5.75 Å². The Hall–Kier alpha value is -1.73. The van der Waals surface area contributed by atoms with E-state index in [1.807, 2.05) is 6.07 Å². The molecule has 1 aromatic carbocycles. The van der Waals surface area contributed by atoms with Gasteiger partial charge in [0.2, 0.25) is 5.95 Å². The first-order valence-corrected chi connectivity index (χ1v) is 10.8. The van der Waals surface area contributed by atoms with Crippen LogP contribution in [0, 0.1) is 5.92 Å². The molecule has 1 aliphatic rings. The third-order valence-electron chi connectivity index (χ3n) is 4.43. The van der Waals surface area contributed by atoms with Crippen LogP contribution >= 0.6 is 11.8 Å². The lowest BCUT2D eigenvalue weighted by atomic mass is 10.2. The maximum atomic E-state index is 5.91. The summed E-state index contributed by atoms with van der Waals surface area (Å²) in [7, 11) is 0. The van der Waals surface area contributed by atoms with Gasteiger partial charge in [0.25, 0.3) is 0 Å². The highest BCUT2D eigenvalue weighted by molar-refractivity contribution is 7.99. The second kappa shape index (κ2) is 9.99. The molecule has 6 nitrogen and oxygen atoms in total. The van der Waals surface area contributed by atoms with Gasteiger partial charge >= 0.3 is 0 Å². The first kappa shape index (κ1) is 20.0. The van der Waals surface area contributed by atoms with Crippen molar-refractivity contribution in [2.75, 3.05) is 43.6 Å². The van der Waals surface area contributed by atoms with Crippen molar-refractivity contribution in [3.05, 3.63) is 29.8 Å². The Bertz CT molecular complexity index is 714. The molecule has 1 saturated heterocycles. The number of benzene rings is 1. The molecule has 27 heavy (non-hydrogen) atoms. The van der Waals surface area contributed by atoms with Crippen molar-refractivity contribution >= 4 is 17.7 Å². The van der Waals surface area contributed by atoms with Crippen LogP contribution in [0.15, 0.2) is 29.4 Å². The Kier molecular flexibility index (Phi) is 7.41. The molecule has 7 heteroatoms. The molecule has 0 aliphatic carbocycles. The van der Waals surface area contributed by atoms with Crippen LogP contribution in [-0.2, 0) is 17.7 Å². The molecule has 0 atom stereocenters. The van der Waals surface area contributed by atoms with Crippen LogP contribution in [0.25, 0.3) is 0 Å². The lowest BCUT2D eigenvalue weighted by molar-refractivity contribution is 0.121. The number of aromatic nitrogens is 3. The Balaban J connectivity index is 1.59. The van der Waals surface area contributed by atoms with Gasteiger partial charge in [0.05, 0.1) is 19.8 Å². The smallest absolute Gasteiger partial charge is 0.228 e. The Labute approximate surface area is 166 Å². The van der Waals surface area contributed by atoms with Gasteiger partial charge in [0.1, 0.15) is 5.75 Å². The molecule has 2 aromatic rings. The first-order valence-electron chi connectivity index (χ1n) is 9.77. The average molecular weight is 391 g/mol. The lowest BCUT2D eigenvalue weighted by Gasteiger charge is -2.28. The van der Waals surface area contributed by atoms with Crippen LogP contribution in [0.4, 0.5) is 5.95 Å². The number of anilines is 1. The van der Waals surface area contributed by atoms with Crippen molar-refractivity contribution in [2.45, 2.75) is 38.9 Å². The zero-order valence-corrected chi connectivity index (χ0v) is 17.4. The van der Waals surface area contributed by atoms with E-state index in [9.17, 15) is 0 Å². The van der Waals surface area contributed by atoms with E-state index in [-0.39, 0.29) is 0 Å². The minimum Gasteiger partial charge on any atom is -0.493 e. The van der Waals surface area contributed by atoms with Gasteiger partial charge in [-0.2, -0.15) is 0 Å². The van der Waals surface area contributed by atoms with Crippen molar-refractivity contribution < 1.29 is 9.47 Å². The van der Waals surface area contributed by atoms with Crippen LogP contribution in [0.5, 0.6) is 5.75 Å². The molecule has 0 radical (unpaired) electrons. The molecule has 148 valence electrons. The van der Waals surface area contributed by atoms with Crippen molar-refractivity contribution in [3.63, 3.8) is 0 Å².